The minimum Gasteiger partial charge on any atom is -0.378 e. The first-order chi connectivity index (χ1) is 33.4. The molecule has 0 radical (unpaired) electrons. The van der Waals surface area contributed by atoms with Crippen LogP contribution < -0.4 is 40.8 Å². The molecule has 1 spiro atoms. The molecule has 2 aliphatic heterocycles. The van der Waals surface area contributed by atoms with Crippen molar-refractivity contribution >= 4 is 99.8 Å². The molecule has 4 nitrogen and oxygen atoms in total. The monoisotopic (exact) mass is 915 g/mol. The average molecular weight is 916 g/mol. The molecule has 0 saturated heterocycles. The van der Waals surface area contributed by atoms with Crippen LogP contribution in [-0.2, 0) is 0 Å². The van der Waals surface area contributed by atoms with Crippen molar-refractivity contribution in [3.8, 4) is 22.3 Å². The van der Waals surface area contributed by atoms with Crippen LogP contribution in [0.15, 0.2) is 170 Å². The highest BCUT2D eigenvalue weighted by Gasteiger charge is 2.60. The van der Waals surface area contributed by atoms with Gasteiger partial charge in [0.25, 0.3) is 0 Å². The topological polar surface area (TPSA) is 13.0 Å². The van der Waals surface area contributed by atoms with Crippen molar-refractivity contribution in [2.45, 2.75) is 0 Å². The highest BCUT2D eigenvalue weighted by atomic mass is 31.2. The number of fused-ring (bicyclic) bond motifs is 10. The Labute approximate surface area is 410 Å². The van der Waals surface area contributed by atoms with Crippen molar-refractivity contribution in [3.63, 3.8) is 0 Å². The second-order valence-corrected chi connectivity index (χ2v) is 22.3. The first-order valence-corrected chi connectivity index (χ1v) is 25.5. The van der Waals surface area contributed by atoms with Crippen LogP contribution in [0.3, 0.4) is 0 Å². The Bertz CT molecular complexity index is 2850. The first-order valence-electron chi connectivity index (χ1n) is 23.7. The van der Waals surface area contributed by atoms with Crippen molar-refractivity contribution in [1.29, 1.82) is 0 Å². The molecule has 8 aromatic rings. The van der Waals surface area contributed by atoms with E-state index in [9.17, 15) is 0 Å². The predicted octanol–water partition coefficient (Wildman–Crippen LogP) is 13.2. The fourth-order valence-corrected chi connectivity index (χ4v) is 14.7. The lowest BCUT2D eigenvalue weighted by atomic mass is 10.00. The van der Waals surface area contributed by atoms with Gasteiger partial charge < -0.3 is 19.6 Å². The van der Waals surface area contributed by atoms with E-state index >= 15 is 0 Å². The molecule has 5 heteroatoms. The smallest absolute Gasteiger partial charge is 0.146 e. The Balaban J connectivity index is 1.11. The molecule has 69 heavy (non-hydrogen) atoms. The summed E-state index contributed by atoms with van der Waals surface area (Å²) in [6.07, 6.45) is 18.0. The minimum absolute atomic E-state index is 1.18. The molecule has 340 valence electrons. The van der Waals surface area contributed by atoms with Crippen molar-refractivity contribution in [2.24, 2.45) is 0 Å². The van der Waals surface area contributed by atoms with Gasteiger partial charge in [-0.25, -0.2) is 0 Å². The third kappa shape index (κ3) is 8.85. The summed E-state index contributed by atoms with van der Waals surface area (Å²) in [5.74, 6) is 0. The van der Waals surface area contributed by atoms with E-state index in [-0.39, 0.29) is 0 Å². The van der Waals surface area contributed by atoms with E-state index in [1.807, 2.05) is 0 Å². The number of anilines is 4. The van der Waals surface area contributed by atoms with Crippen LogP contribution in [0.2, 0.25) is 0 Å². The second-order valence-electron chi connectivity index (χ2n) is 19.1. The molecular weight excluding hydrogens is 856 g/mol. The quantitative estimate of drug-likeness (QED) is 0.0894. The SMILES string of the molecule is CN(C)c1ccc(/C=C/c2ccc3c(c2)-c2cc(/C=C/c4ccc(N(C)C)cc4)ccc2[P+]32c3ccc(/C=C/c4ccc(N(C)C)cc4)cc3-c3cc(/C=C/c4ccc(N(C)C)cc4)ccc32)cc1. The summed E-state index contributed by atoms with van der Waals surface area (Å²) in [7, 11) is 14.3. The van der Waals surface area contributed by atoms with Crippen LogP contribution in [0.5, 0.6) is 0 Å². The number of hydrogen-bond acceptors (Lipinski definition) is 4. The van der Waals surface area contributed by atoms with Crippen molar-refractivity contribution in [3.05, 3.63) is 214 Å². The Morgan fingerprint density at radius 1 is 0.232 bits per heavy atom. The summed E-state index contributed by atoms with van der Waals surface area (Å²) in [6, 6.07) is 64.0. The van der Waals surface area contributed by atoms with E-state index in [4.69, 9.17) is 0 Å². The lowest BCUT2D eigenvalue weighted by Crippen LogP contribution is -2.32. The summed E-state index contributed by atoms with van der Waals surface area (Å²) in [5, 5.41) is 5.72. The van der Waals surface area contributed by atoms with Gasteiger partial charge in [0.05, 0.1) is 0 Å². The molecule has 0 N–H and O–H groups in total. The average Bonchev–Trinajstić information content (AvgIpc) is 3.82. The van der Waals surface area contributed by atoms with Crippen LogP contribution in [0.4, 0.5) is 22.7 Å². The molecule has 0 atom stereocenters. The van der Waals surface area contributed by atoms with Crippen LogP contribution in [-0.4, -0.2) is 56.4 Å². The van der Waals surface area contributed by atoms with Crippen molar-refractivity contribution < 1.29 is 0 Å². The van der Waals surface area contributed by atoms with Gasteiger partial charge >= 0.3 is 0 Å². The Hall–Kier alpha value is -7.65. The van der Waals surface area contributed by atoms with Crippen molar-refractivity contribution in [2.75, 3.05) is 76.0 Å². The maximum absolute atomic E-state index is 2.45. The molecule has 0 bridgehead atoms. The second kappa shape index (κ2) is 18.8. The minimum atomic E-state index is -2.32. The zero-order valence-corrected chi connectivity index (χ0v) is 41.9. The molecule has 0 saturated carbocycles. The molecule has 10 rings (SSSR count). The van der Waals surface area contributed by atoms with Crippen molar-refractivity contribution in [1.82, 2.24) is 0 Å². The number of hydrogen-bond donors (Lipinski definition) is 0. The molecule has 2 heterocycles. The number of rotatable bonds is 12. The lowest BCUT2D eigenvalue weighted by molar-refractivity contribution is 1.13. The van der Waals surface area contributed by atoms with Gasteiger partial charge in [0.1, 0.15) is 28.5 Å². The van der Waals surface area contributed by atoms with E-state index in [2.05, 4.69) is 294 Å². The highest BCUT2D eigenvalue weighted by Crippen LogP contribution is 2.67. The molecule has 0 amide bonds. The molecule has 0 aromatic heterocycles. The van der Waals surface area contributed by atoms with Crippen LogP contribution in [0.1, 0.15) is 44.5 Å². The zero-order chi connectivity index (χ0) is 47.8. The summed E-state index contributed by atoms with van der Waals surface area (Å²) in [5.41, 5.74) is 19.6. The molecule has 0 aliphatic carbocycles. The summed E-state index contributed by atoms with van der Waals surface area (Å²) in [4.78, 5) is 8.55. The van der Waals surface area contributed by atoms with Gasteiger partial charge in [-0.2, -0.15) is 0 Å². The Morgan fingerprint density at radius 3 is 0.594 bits per heavy atom. The zero-order valence-electron chi connectivity index (χ0n) is 41.0. The van der Waals surface area contributed by atoms with Gasteiger partial charge in [0.2, 0.25) is 0 Å². The largest absolute Gasteiger partial charge is 0.378 e. The highest BCUT2D eigenvalue weighted by molar-refractivity contribution is 8.03. The third-order valence-electron chi connectivity index (χ3n) is 13.6. The van der Waals surface area contributed by atoms with Crippen LogP contribution >= 0.6 is 7.26 Å². The molecule has 2 aliphatic rings. The first kappa shape index (κ1) is 45.1. The van der Waals surface area contributed by atoms with E-state index in [0.717, 1.165) is 0 Å². The Morgan fingerprint density at radius 2 is 0.406 bits per heavy atom. The fourth-order valence-electron chi connectivity index (χ4n) is 9.74. The van der Waals surface area contributed by atoms with Gasteiger partial charge in [-0.05, 0) is 142 Å². The van der Waals surface area contributed by atoms with E-state index in [1.54, 1.807) is 0 Å². The van der Waals surface area contributed by atoms with Gasteiger partial charge in [0.15, 0.2) is 0 Å². The van der Waals surface area contributed by atoms with Gasteiger partial charge in [-0.3, -0.25) is 0 Å². The van der Waals surface area contributed by atoms with E-state index < -0.39 is 7.26 Å². The molecule has 8 aromatic carbocycles. The Kier molecular flexibility index (Phi) is 12.3. The van der Waals surface area contributed by atoms with Gasteiger partial charge in [-0.15, -0.1) is 0 Å². The van der Waals surface area contributed by atoms with Gasteiger partial charge in [0, 0.05) is 101 Å². The van der Waals surface area contributed by atoms with Crippen LogP contribution in [0.25, 0.3) is 70.9 Å². The molecule has 0 fully saturated rings. The third-order valence-corrected chi connectivity index (χ3v) is 18.1. The normalized spacial score (nSPS) is 13.1. The fraction of sp³-hybridized carbons (Fsp3) is 0.125. The van der Waals surface area contributed by atoms with E-state index in [1.165, 1.54) is 111 Å². The van der Waals surface area contributed by atoms with E-state index in [0.29, 0.717) is 0 Å². The van der Waals surface area contributed by atoms with Crippen LogP contribution in [0, 0.1) is 0 Å². The maximum atomic E-state index is 2.45. The number of benzene rings is 8. The van der Waals surface area contributed by atoms with Gasteiger partial charge in [-0.1, -0.05) is 121 Å². The molecular formula is C64H60N4P+. The summed E-state index contributed by atoms with van der Waals surface area (Å²) >= 11 is 0. The standard InChI is InChI=1S/C64H60N4P/c1-65(2)53-29-17-45(18-30-53)9-13-49-25-37-61-57(41-49)58-42-50(14-10-46-19-31-54(32-20-46)66(3)4)26-38-62(58)69(61)63-39-27-51(15-11-47-21-33-55(34-22-47)67(5)6)43-59(63)60-44-52(28-40-64(60)69)16-12-48-23-35-56(36-24-48)68(7)8/h9-44H,1-8H3/q+1/b13-9+,14-10+,15-11+,16-12+. The predicted molar refractivity (Wildman–Crippen MR) is 308 cm³/mol. The summed E-state index contributed by atoms with van der Waals surface area (Å²) in [6.45, 7) is 0. The molecule has 0 unspecified atom stereocenters. The lowest BCUT2D eigenvalue weighted by Gasteiger charge is -2.21. The number of nitrogens with zero attached hydrogens (tertiary/aromatic N) is 4. The summed E-state index contributed by atoms with van der Waals surface area (Å²) < 4.78 is 0. The maximum Gasteiger partial charge on any atom is 0.146 e.